The summed E-state index contributed by atoms with van der Waals surface area (Å²) >= 11 is 0. The zero-order valence-electron chi connectivity index (χ0n) is 14.1. The second kappa shape index (κ2) is 8.78. The number of hydrogen-bond acceptors (Lipinski definition) is 5. The summed E-state index contributed by atoms with van der Waals surface area (Å²) in [7, 11) is 2.14. The Morgan fingerprint density at radius 3 is 2.71 bits per heavy atom. The molecule has 0 aliphatic carbocycles. The highest BCUT2D eigenvalue weighted by Crippen LogP contribution is 2.14. The fourth-order valence-corrected chi connectivity index (χ4v) is 2.72. The predicted octanol–water partition coefficient (Wildman–Crippen LogP) is 2.08. The summed E-state index contributed by atoms with van der Waals surface area (Å²) in [5, 5.41) is 3.47. The van der Waals surface area contributed by atoms with Gasteiger partial charge in [-0.1, -0.05) is 12.1 Å². The van der Waals surface area contributed by atoms with Gasteiger partial charge in [-0.3, -0.25) is 4.98 Å². The van der Waals surface area contributed by atoms with Gasteiger partial charge in [0.2, 0.25) is 0 Å². The smallest absolute Gasteiger partial charge is 0.119 e. The molecule has 2 heterocycles. The zero-order chi connectivity index (χ0) is 16.6. The first kappa shape index (κ1) is 16.9. The molecule has 2 aromatic rings. The van der Waals surface area contributed by atoms with Crippen molar-refractivity contribution in [2.75, 3.05) is 33.3 Å². The first-order valence-electron chi connectivity index (χ1n) is 8.41. The fraction of sp³-hybridized carbons (Fsp3) is 0.421. The summed E-state index contributed by atoms with van der Waals surface area (Å²) in [6, 6.07) is 12.2. The van der Waals surface area contributed by atoms with Crippen molar-refractivity contribution < 1.29 is 9.47 Å². The van der Waals surface area contributed by atoms with Crippen LogP contribution in [0.5, 0.6) is 5.75 Å². The Bertz CT molecular complexity index is 604. The van der Waals surface area contributed by atoms with Gasteiger partial charge in [-0.05, 0) is 42.4 Å². The van der Waals surface area contributed by atoms with Crippen LogP contribution >= 0.6 is 0 Å². The molecule has 5 nitrogen and oxygen atoms in total. The molecule has 3 rings (SSSR count). The maximum Gasteiger partial charge on any atom is 0.119 e. The van der Waals surface area contributed by atoms with Crippen molar-refractivity contribution in [3.05, 3.63) is 59.9 Å². The zero-order valence-corrected chi connectivity index (χ0v) is 14.1. The average molecular weight is 327 g/mol. The number of benzene rings is 1. The van der Waals surface area contributed by atoms with Crippen molar-refractivity contribution in [2.24, 2.45) is 0 Å². The van der Waals surface area contributed by atoms with Crippen LogP contribution in [0.4, 0.5) is 0 Å². The lowest BCUT2D eigenvalue weighted by Gasteiger charge is -2.30. The highest BCUT2D eigenvalue weighted by atomic mass is 16.5. The van der Waals surface area contributed by atoms with Gasteiger partial charge in [-0.15, -0.1) is 0 Å². The quantitative estimate of drug-likeness (QED) is 0.844. The Morgan fingerprint density at radius 2 is 1.96 bits per heavy atom. The van der Waals surface area contributed by atoms with E-state index in [4.69, 9.17) is 9.47 Å². The highest BCUT2D eigenvalue weighted by molar-refractivity contribution is 5.27. The summed E-state index contributed by atoms with van der Waals surface area (Å²) in [5.74, 6) is 0.882. The first-order valence-corrected chi connectivity index (χ1v) is 8.41. The summed E-state index contributed by atoms with van der Waals surface area (Å²) in [6.07, 6.45) is 3.84. The van der Waals surface area contributed by atoms with Gasteiger partial charge in [0.05, 0.1) is 12.7 Å². The van der Waals surface area contributed by atoms with E-state index in [1.165, 1.54) is 5.56 Å². The van der Waals surface area contributed by atoms with Gasteiger partial charge >= 0.3 is 0 Å². The molecule has 1 aliphatic heterocycles. The van der Waals surface area contributed by atoms with Gasteiger partial charge in [0.1, 0.15) is 12.4 Å². The molecule has 1 N–H and O–H groups in total. The van der Waals surface area contributed by atoms with E-state index in [-0.39, 0.29) is 6.10 Å². The summed E-state index contributed by atoms with van der Waals surface area (Å²) in [4.78, 5) is 6.31. The molecule has 5 heteroatoms. The molecule has 1 saturated heterocycles. The minimum absolute atomic E-state index is 0.284. The molecular formula is C19H25N3O2. The number of likely N-dealkylation sites (N-methyl/N-ethyl adjacent to an activating group) is 1. The molecule has 1 aliphatic rings. The van der Waals surface area contributed by atoms with E-state index in [1.54, 1.807) is 12.4 Å². The van der Waals surface area contributed by atoms with Crippen LogP contribution in [0.15, 0.2) is 48.8 Å². The number of hydrogen-bond donors (Lipinski definition) is 1. The standard InChI is InChI=1S/C19H25N3O2/c1-22-10-11-23-19(14-22)13-21-12-16-2-4-18(5-3-16)24-15-17-6-8-20-9-7-17/h2-9,19,21H,10-15H2,1H3/t19-/m0/s1. The molecule has 1 aromatic heterocycles. The predicted molar refractivity (Wildman–Crippen MR) is 94.0 cm³/mol. The maximum atomic E-state index is 5.78. The van der Waals surface area contributed by atoms with E-state index >= 15 is 0 Å². The Hall–Kier alpha value is -1.95. The minimum Gasteiger partial charge on any atom is -0.489 e. The number of pyridine rings is 1. The van der Waals surface area contributed by atoms with Crippen molar-refractivity contribution in [2.45, 2.75) is 19.3 Å². The summed E-state index contributed by atoms with van der Waals surface area (Å²) < 4.78 is 11.5. The Labute approximate surface area is 143 Å². The van der Waals surface area contributed by atoms with Gasteiger partial charge in [0.15, 0.2) is 0 Å². The van der Waals surface area contributed by atoms with Crippen molar-refractivity contribution >= 4 is 0 Å². The van der Waals surface area contributed by atoms with Crippen molar-refractivity contribution in [1.82, 2.24) is 15.2 Å². The van der Waals surface area contributed by atoms with Crippen LogP contribution < -0.4 is 10.1 Å². The third kappa shape index (κ3) is 5.30. The van der Waals surface area contributed by atoms with Gasteiger partial charge in [0.25, 0.3) is 0 Å². The van der Waals surface area contributed by atoms with E-state index in [2.05, 4.69) is 34.4 Å². The molecule has 0 amide bonds. The normalized spacial score (nSPS) is 18.5. The van der Waals surface area contributed by atoms with Crippen LogP contribution in [-0.2, 0) is 17.9 Å². The monoisotopic (exact) mass is 327 g/mol. The second-order valence-corrected chi connectivity index (χ2v) is 6.17. The SMILES string of the molecule is CN1CCO[C@@H](CNCc2ccc(OCc3ccncc3)cc2)C1. The van der Waals surface area contributed by atoms with Crippen LogP contribution in [0.2, 0.25) is 0 Å². The Balaban J connectivity index is 1.39. The minimum atomic E-state index is 0.284. The number of nitrogens with zero attached hydrogens (tertiary/aromatic N) is 2. The lowest BCUT2D eigenvalue weighted by atomic mass is 10.2. The van der Waals surface area contributed by atoms with E-state index in [0.717, 1.165) is 44.1 Å². The molecule has 0 radical (unpaired) electrons. The van der Waals surface area contributed by atoms with Gasteiger partial charge in [0, 0.05) is 38.6 Å². The van der Waals surface area contributed by atoms with Crippen LogP contribution in [0, 0.1) is 0 Å². The molecule has 1 atom stereocenters. The third-order valence-corrected chi connectivity index (χ3v) is 4.12. The molecule has 0 spiro atoms. The van der Waals surface area contributed by atoms with E-state index in [0.29, 0.717) is 6.61 Å². The molecule has 1 aromatic carbocycles. The van der Waals surface area contributed by atoms with Crippen LogP contribution in [0.1, 0.15) is 11.1 Å². The number of nitrogens with one attached hydrogen (secondary N) is 1. The highest BCUT2D eigenvalue weighted by Gasteiger charge is 2.16. The van der Waals surface area contributed by atoms with Gasteiger partial charge < -0.3 is 19.7 Å². The molecule has 1 fully saturated rings. The average Bonchev–Trinajstić information content (AvgIpc) is 2.62. The number of rotatable bonds is 7. The molecule has 24 heavy (non-hydrogen) atoms. The van der Waals surface area contributed by atoms with Crippen molar-refractivity contribution in [3.63, 3.8) is 0 Å². The van der Waals surface area contributed by atoms with Crippen molar-refractivity contribution in [3.8, 4) is 5.75 Å². The second-order valence-electron chi connectivity index (χ2n) is 6.17. The van der Waals surface area contributed by atoms with E-state index < -0.39 is 0 Å². The fourth-order valence-electron chi connectivity index (χ4n) is 2.72. The lowest BCUT2D eigenvalue weighted by molar-refractivity contribution is -0.0182. The number of ether oxygens (including phenoxy) is 2. The first-order chi connectivity index (χ1) is 11.8. The summed E-state index contributed by atoms with van der Waals surface area (Å²) in [6.45, 7) is 5.13. The summed E-state index contributed by atoms with van der Waals surface area (Å²) in [5.41, 5.74) is 2.36. The van der Waals surface area contributed by atoms with Crippen LogP contribution in [0.25, 0.3) is 0 Å². The third-order valence-electron chi connectivity index (χ3n) is 4.12. The molecular weight excluding hydrogens is 302 g/mol. The number of morpholine rings is 1. The van der Waals surface area contributed by atoms with Gasteiger partial charge in [-0.25, -0.2) is 0 Å². The molecule has 128 valence electrons. The van der Waals surface area contributed by atoms with Gasteiger partial charge in [-0.2, -0.15) is 0 Å². The van der Waals surface area contributed by atoms with Crippen LogP contribution in [-0.4, -0.2) is 49.3 Å². The molecule has 0 bridgehead atoms. The maximum absolute atomic E-state index is 5.78. The van der Waals surface area contributed by atoms with Crippen LogP contribution in [0.3, 0.4) is 0 Å². The van der Waals surface area contributed by atoms with E-state index in [1.807, 2.05) is 24.3 Å². The molecule has 0 saturated carbocycles. The molecule has 0 unspecified atom stereocenters. The lowest BCUT2D eigenvalue weighted by Crippen LogP contribution is -2.44. The Morgan fingerprint density at radius 1 is 1.17 bits per heavy atom. The topological polar surface area (TPSA) is 46.6 Å². The largest absolute Gasteiger partial charge is 0.489 e. The number of aromatic nitrogens is 1. The van der Waals surface area contributed by atoms with Crippen molar-refractivity contribution in [1.29, 1.82) is 0 Å². The Kier molecular flexibility index (Phi) is 6.18. The van der Waals surface area contributed by atoms with E-state index in [9.17, 15) is 0 Å².